The van der Waals surface area contributed by atoms with Gasteiger partial charge in [0.25, 0.3) is 0 Å². The highest BCUT2D eigenvalue weighted by atomic mass is 32.2. The minimum Gasteiger partial charge on any atom is -0.380 e. The van der Waals surface area contributed by atoms with Crippen molar-refractivity contribution in [1.29, 1.82) is 0 Å². The molecule has 0 fully saturated rings. The molecule has 1 aromatic heterocycles. The van der Waals surface area contributed by atoms with E-state index < -0.39 is 0 Å². The summed E-state index contributed by atoms with van der Waals surface area (Å²) >= 11 is 1.93. The Morgan fingerprint density at radius 1 is 1.53 bits per heavy atom. The molecule has 1 aliphatic heterocycles. The molecular formula is C11H19N3S. The van der Waals surface area contributed by atoms with Crippen molar-refractivity contribution in [2.75, 3.05) is 11.9 Å². The first kappa shape index (κ1) is 10.9. The van der Waals surface area contributed by atoms with E-state index in [-0.39, 0.29) is 4.75 Å². The molecule has 0 unspecified atom stereocenters. The van der Waals surface area contributed by atoms with E-state index in [1.807, 2.05) is 23.5 Å². The summed E-state index contributed by atoms with van der Waals surface area (Å²) in [5.74, 6) is 0. The molecule has 1 N–H and O–H groups in total. The standard InChI is InChI=1S/C11H19N3S/c1-5-6-8-9-10(14(4)13-8)15-11(2,3)7-12-9/h12H,5-7H2,1-4H3. The van der Waals surface area contributed by atoms with Crippen LogP contribution in [0.2, 0.25) is 0 Å². The maximum atomic E-state index is 4.58. The van der Waals surface area contributed by atoms with Gasteiger partial charge in [-0.15, -0.1) is 0 Å². The van der Waals surface area contributed by atoms with Gasteiger partial charge in [-0.1, -0.05) is 25.1 Å². The van der Waals surface area contributed by atoms with Gasteiger partial charge in [0.05, 0.1) is 11.4 Å². The lowest BCUT2D eigenvalue weighted by atomic mass is 10.2. The van der Waals surface area contributed by atoms with Crippen LogP contribution in [0.5, 0.6) is 0 Å². The lowest BCUT2D eigenvalue weighted by Gasteiger charge is -2.30. The third-order valence-corrected chi connectivity index (χ3v) is 3.98. The highest BCUT2D eigenvalue weighted by Gasteiger charge is 2.30. The Balaban J connectivity index is 2.35. The fourth-order valence-corrected chi connectivity index (χ4v) is 3.00. The summed E-state index contributed by atoms with van der Waals surface area (Å²) in [5.41, 5.74) is 2.49. The second kappa shape index (κ2) is 3.74. The van der Waals surface area contributed by atoms with E-state index in [0.717, 1.165) is 19.4 Å². The molecule has 0 saturated heterocycles. The topological polar surface area (TPSA) is 29.9 Å². The number of thioether (sulfide) groups is 1. The SMILES string of the molecule is CCCc1nn(C)c2c1NCC(C)(C)S2. The largest absolute Gasteiger partial charge is 0.380 e. The van der Waals surface area contributed by atoms with Gasteiger partial charge in [-0.05, 0) is 20.3 Å². The van der Waals surface area contributed by atoms with Crippen LogP contribution < -0.4 is 5.32 Å². The fraction of sp³-hybridized carbons (Fsp3) is 0.727. The van der Waals surface area contributed by atoms with Crippen molar-refractivity contribution < 1.29 is 0 Å². The molecule has 1 aliphatic rings. The molecule has 0 aromatic carbocycles. The Morgan fingerprint density at radius 3 is 2.93 bits per heavy atom. The molecule has 84 valence electrons. The molecule has 3 nitrogen and oxygen atoms in total. The Hall–Kier alpha value is -0.640. The van der Waals surface area contributed by atoms with Crippen LogP contribution in [0.3, 0.4) is 0 Å². The molecule has 0 bridgehead atoms. The van der Waals surface area contributed by atoms with Crippen molar-refractivity contribution in [2.24, 2.45) is 7.05 Å². The molecule has 2 heterocycles. The molecule has 0 saturated carbocycles. The van der Waals surface area contributed by atoms with Crippen LogP contribution in [0, 0.1) is 0 Å². The molecule has 0 radical (unpaired) electrons. The number of nitrogens with one attached hydrogen (secondary N) is 1. The zero-order valence-corrected chi connectivity index (χ0v) is 10.7. The molecule has 0 aliphatic carbocycles. The number of hydrogen-bond donors (Lipinski definition) is 1. The van der Waals surface area contributed by atoms with E-state index in [1.165, 1.54) is 16.4 Å². The van der Waals surface area contributed by atoms with Crippen molar-refractivity contribution in [3.8, 4) is 0 Å². The quantitative estimate of drug-likeness (QED) is 0.839. The monoisotopic (exact) mass is 225 g/mol. The minimum atomic E-state index is 0.268. The summed E-state index contributed by atoms with van der Waals surface area (Å²) in [7, 11) is 2.04. The van der Waals surface area contributed by atoms with Crippen LogP contribution >= 0.6 is 11.8 Å². The highest BCUT2D eigenvalue weighted by Crippen LogP contribution is 2.42. The predicted molar refractivity (Wildman–Crippen MR) is 65.6 cm³/mol. The molecule has 15 heavy (non-hydrogen) atoms. The molecule has 0 spiro atoms. The summed E-state index contributed by atoms with van der Waals surface area (Å²) in [5, 5.41) is 9.39. The first-order chi connectivity index (χ1) is 7.03. The summed E-state index contributed by atoms with van der Waals surface area (Å²) in [6.07, 6.45) is 2.22. The van der Waals surface area contributed by atoms with Crippen LogP contribution in [-0.2, 0) is 13.5 Å². The first-order valence-electron chi connectivity index (χ1n) is 5.52. The van der Waals surface area contributed by atoms with Gasteiger partial charge in [0.15, 0.2) is 0 Å². The van der Waals surface area contributed by atoms with Gasteiger partial charge in [-0.2, -0.15) is 5.10 Å². The normalized spacial score (nSPS) is 18.4. The lowest BCUT2D eigenvalue weighted by Crippen LogP contribution is -2.30. The van der Waals surface area contributed by atoms with E-state index in [4.69, 9.17) is 0 Å². The van der Waals surface area contributed by atoms with Crippen molar-refractivity contribution >= 4 is 17.4 Å². The first-order valence-corrected chi connectivity index (χ1v) is 6.34. The average molecular weight is 225 g/mol. The van der Waals surface area contributed by atoms with Gasteiger partial charge in [0.1, 0.15) is 5.03 Å². The van der Waals surface area contributed by atoms with Crippen LogP contribution in [-0.4, -0.2) is 21.1 Å². The zero-order valence-electron chi connectivity index (χ0n) is 9.92. The number of aryl methyl sites for hydroxylation is 2. The zero-order chi connectivity index (χ0) is 11.1. The van der Waals surface area contributed by atoms with Crippen molar-refractivity contribution in [2.45, 2.75) is 43.4 Å². The van der Waals surface area contributed by atoms with Crippen LogP contribution in [0.15, 0.2) is 5.03 Å². The van der Waals surface area contributed by atoms with Crippen molar-refractivity contribution in [3.63, 3.8) is 0 Å². The van der Waals surface area contributed by atoms with Crippen LogP contribution in [0.1, 0.15) is 32.9 Å². The summed E-state index contributed by atoms with van der Waals surface area (Å²) < 4.78 is 2.28. The Kier molecular flexibility index (Phi) is 2.71. The molecule has 0 amide bonds. The van der Waals surface area contributed by atoms with Crippen molar-refractivity contribution in [1.82, 2.24) is 9.78 Å². The van der Waals surface area contributed by atoms with Gasteiger partial charge < -0.3 is 5.32 Å². The number of nitrogens with zero attached hydrogens (tertiary/aromatic N) is 2. The fourth-order valence-electron chi connectivity index (χ4n) is 1.87. The van der Waals surface area contributed by atoms with Gasteiger partial charge >= 0.3 is 0 Å². The Labute approximate surface area is 95.6 Å². The average Bonchev–Trinajstić information content (AvgIpc) is 2.42. The van der Waals surface area contributed by atoms with Gasteiger partial charge in [0.2, 0.25) is 0 Å². The van der Waals surface area contributed by atoms with E-state index in [9.17, 15) is 0 Å². The van der Waals surface area contributed by atoms with E-state index >= 15 is 0 Å². The Bertz CT molecular complexity index is 368. The maximum absolute atomic E-state index is 4.58. The molecule has 1 aromatic rings. The summed E-state index contributed by atoms with van der Waals surface area (Å²) in [6, 6.07) is 0. The maximum Gasteiger partial charge on any atom is 0.118 e. The minimum absolute atomic E-state index is 0.268. The third-order valence-electron chi connectivity index (χ3n) is 2.62. The Morgan fingerprint density at radius 2 is 2.27 bits per heavy atom. The summed E-state index contributed by atoms with van der Waals surface area (Å²) in [4.78, 5) is 0. The molecule has 0 atom stereocenters. The molecular weight excluding hydrogens is 206 g/mol. The van der Waals surface area contributed by atoms with Crippen molar-refractivity contribution in [3.05, 3.63) is 5.69 Å². The third kappa shape index (κ3) is 2.00. The van der Waals surface area contributed by atoms with Gasteiger partial charge in [-0.3, -0.25) is 4.68 Å². The van der Waals surface area contributed by atoms with Crippen LogP contribution in [0.25, 0.3) is 0 Å². The molecule has 2 rings (SSSR count). The number of anilines is 1. The smallest absolute Gasteiger partial charge is 0.118 e. The number of aromatic nitrogens is 2. The van der Waals surface area contributed by atoms with E-state index in [2.05, 4.69) is 31.2 Å². The number of rotatable bonds is 2. The highest BCUT2D eigenvalue weighted by molar-refractivity contribution is 8.00. The second-order valence-electron chi connectivity index (χ2n) is 4.72. The second-order valence-corrected chi connectivity index (χ2v) is 6.41. The van der Waals surface area contributed by atoms with Gasteiger partial charge in [-0.25, -0.2) is 0 Å². The summed E-state index contributed by atoms with van der Waals surface area (Å²) in [6.45, 7) is 7.74. The van der Waals surface area contributed by atoms with Crippen LogP contribution in [0.4, 0.5) is 5.69 Å². The number of fused-ring (bicyclic) bond motifs is 1. The molecule has 4 heteroatoms. The lowest BCUT2D eigenvalue weighted by molar-refractivity contribution is 0.665. The predicted octanol–water partition coefficient (Wildman–Crippen LogP) is 2.67. The van der Waals surface area contributed by atoms with Gasteiger partial charge in [0, 0.05) is 18.3 Å². The van der Waals surface area contributed by atoms with E-state index in [0.29, 0.717) is 0 Å². The van der Waals surface area contributed by atoms with E-state index in [1.54, 1.807) is 0 Å². The number of hydrogen-bond acceptors (Lipinski definition) is 3.